The number of phenols is 1. The van der Waals surface area contributed by atoms with Crippen LogP contribution >= 0.6 is 0 Å². The lowest BCUT2D eigenvalue weighted by atomic mass is 9.84. The lowest BCUT2D eigenvalue weighted by molar-refractivity contribution is 0.181. The van der Waals surface area contributed by atoms with Crippen LogP contribution in [0.5, 0.6) is 5.75 Å². The van der Waals surface area contributed by atoms with Gasteiger partial charge >= 0.3 is 0 Å². The molecule has 1 aliphatic carbocycles. The van der Waals surface area contributed by atoms with E-state index in [1.54, 1.807) is 7.11 Å². The standard InChI is InChI=1S/C19H31NO2/c1-19(2,3)16-10-14(18(21)15(11-16)13-22-4)12-20-17-8-6-5-7-9-17/h10-11,17,20-21H,5-9,12-13H2,1-4H3. The Morgan fingerprint density at radius 1 is 1.14 bits per heavy atom. The summed E-state index contributed by atoms with van der Waals surface area (Å²) in [5.74, 6) is 0.387. The quantitative estimate of drug-likeness (QED) is 0.854. The van der Waals surface area contributed by atoms with Crippen molar-refractivity contribution in [3.05, 3.63) is 28.8 Å². The highest BCUT2D eigenvalue weighted by atomic mass is 16.5. The number of ether oxygens (including phenoxy) is 1. The van der Waals surface area contributed by atoms with E-state index in [0.29, 0.717) is 18.4 Å². The Hall–Kier alpha value is -1.06. The molecule has 2 rings (SSSR count). The van der Waals surface area contributed by atoms with Crippen molar-refractivity contribution in [1.29, 1.82) is 0 Å². The van der Waals surface area contributed by atoms with Crippen LogP contribution in [0.25, 0.3) is 0 Å². The third-order valence-corrected chi connectivity index (χ3v) is 4.62. The molecule has 1 fully saturated rings. The number of hydrogen-bond donors (Lipinski definition) is 2. The molecule has 0 spiro atoms. The molecule has 22 heavy (non-hydrogen) atoms. The zero-order valence-corrected chi connectivity index (χ0v) is 14.5. The summed E-state index contributed by atoms with van der Waals surface area (Å²) in [7, 11) is 1.67. The van der Waals surface area contributed by atoms with Crippen LogP contribution in [0.1, 0.15) is 69.6 Å². The molecule has 0 saturated heterocycles. The Balaban J connectivity index is 2.18. The molecule has 0 amide bonds. The van der Waals surface area contributed by atoms with Crippen LogP contribution in [-0.2, 0) is 23.3 Å². The predicted octanol–water partition coefficient (Wildman–Crippen LogP) is 4.26. The first-order valence-corrected chi connectivity index (χ1v) is 8.49. The minimum atomic E-state index is 0.0653. The second kappa shape index (κ2) is 7.47. The number of phenolic OH excluding ortho intramolecular Hbond substituents is 1. The molecule has 2 N–H and O–H groups in total. The van der Waals surface area contributed by atoms with Gasteiger partial charge in [-0.15, -0.1) is 0 Å². The molecule has 0 bridgehead atoms. The largest absolute Gasteiger partial charge is 0.507 e. The number of benzene rings is 1. The maximum atomic E-state index is 10.5. The van der Waals surface area contributed by atoms with E-state index in [-0.39, 0.29) is 5.41 Å². The monoisotopic (exact) mass is 305 g/mol. The maximum absolute atomic E-state index is 10.5. The van der Waals surface area contributed by atoms with Gasteiger partial charge in [-0.1, -0.05) is 46.1 Å². The molecule has 0 atom stereocenters. The van der Waals surface area contributed by atoms with Gasteiger partial charge in [0.25, 0.3) is 0 Å². The first-order chi connectivity index (χ1) is 10.4. The number of nitrogens with one attached hydrogen (secondary N) is 1. The predicted molar refractivity (Wildman–Crippen MR) is 91.2 cm³/mol. The lowest BCUT2D eigenvalue weighted by Crippen LogP contribution is -2.30. The van der Waals surface area contributed by atoms with E-state index in [2.05, 4.69) is 38.2 Å². The summed E-state index contributed by atoms with van der Waals surface area (Å²) in [4.78, 5) is 0. The summed E-state index contributed by atoms with van der Waals surface area (Å²) < 4.78 is 5.25. The smallest absolute Gasteiger partial charge is 0.125 e. The van der Waals surface area contributed by atoms with Crippen LogP contribution in [0.2, 0.25) is 0 Å². The van der Waals surface area contributed by atoms with Crippen LogP contribution in [0.15, 0.2) is 12.1 Å². The van der Waals surface area contributed by atoms with Gasteiger partial charge < -0.3 is 15.2 Å². The van der Waals surface area contributed by atoms with E-state index in [9.17, 15) is 5.11 Å². The fourth-order valence-corrected chi connectivity index (χ4v) is 3.15. The Morgan fingerprint density at radius 3 is 2.36 bits per heavy atom. The van der Waals surface area contributed by atoms with Gasteiger partial charge in [-0.05, 0) is 29.9 Å². The molecule has 0 aromatic heterocycles. The fourth-order valence-electron chi connectivity index (χ4n) is 3.15. The van der Waals surface area contributed by atoms with E-state index < -0.39 is 0 Å². The highest BCUT2D eigenvalue weighted by Gasteiger charge is 2.19. The topological polar surface area (TPSA) is 41.5 Å². The summed E-state index contributed by atoms with van der Waals surface area (Å²) in [5.41, 5.74) is 3.19. The summed E-state index contributed by atoms with van der Waals surface area (Å²) in [5, 5.41) is 14.1. The minimum Gasteiger partial charge on any atom is -0.507 e. The summed E-state index contributed by atoms with van der Waals surface area (Å²) in [6, 6.07) is 4.81. The molecule has 1 aromatic carbocycles. The van der Waals surface area contributed by atoms with Crippen LogP contribution in [0.4, 0.5) is 0 Å². The van der Waals surface area contributed by atoms with Crippen molar-refractivity contribution in [3.8, 4) is 5.75 Å². The Morgan fingerprint density at radius 2 is 1.77 bits per heavy atom. The number of methoxy groups -OCH3 is 1. The molecule has 1 aromatic rings. The van der Waals surface area contributed by atoms with Crippen molar-refractivity contribution < 1.29 is 9.84 Å². The van der Waals surface area contributed by atoms with Gasteiger partial charge in [0.05, 0.1) is 6.61 Å². The second-order valence-electron chi connectivity index (χ2n) is 7.54. The van der Waals surface area contributed by atoms with Gasteiger partial charge in [-0.2, -0.15) is 0 Å². The third-order valence-electron chi connectivity index (χ3n) is 4.62. The van der Waals surface area contributed by atoms with Gasteiger partial charge in [0.15, 0.2) is 0 Å². The SMILES string of the molecule is COCc1cc(C(C)(C)C)cc(CNC2CCCCC2)c1O. The van der Waals surface area contributed by atoms with Crippen molar-refractivity contribution in [3.63, 3.8) is 0 Å². The van der Waals surface area contributed by atoms with Crippen LogP contribution in [0, 0.1) is 0 Å². The normalized spacial score (nSPS) is 16.9. The van der Waals surface area contributed by atoms with Crippen LogP contribution in [0.3, 0.4) is 0 Å². The molecule has 1 saturated carbocycles. The molecule has 1 aliphatic rings. The highest BCUT2D eigenvalue weighted by Crippen LogP contribution is 2.32. The zero-order chi connectivity index (χ0) is 16.2. The Kier molecular flexibility index (Phi) is 5.87. The average Bonchev–Trinajstić information content (AvgIpc) is 2.48. The lowest BCUT2D eigenvalue weighted by Gasteiger charge is -2.25. The second-order valence-corrected chi connectivity index (χ2v) is 7.54. The molecule has 0 unspecified atom stereocenters. The highest BCUT2D eigenvalue weighted by molar-refractivity contribution is 5.45. The third kappa shape index (κ3) is 4.47. The molecule has 124 valence electrons. The van der Waals surface area contributed by atoms with E-state index in [1.165, 1.54) is 37.7 Å². The van der Waals surface area contributed by atoms with Crippen molar-refractivity contribution in [2.75, 3.05) is 7.11 Å². The van der Waals surface area contributed by atoms with Gasteiger partial charge in [0, 0.05) is 30.8 Å². The first-order valence-electron chi connectivity index (χ1n) is 8.49. The average molecular weight is 305 g/mol. The van der Waals surface area contributed by atoms with E-state index in [1.807, 2.05) is 0 Å². The van der Waals surface area contributed by atoms with Crippen molar-refractivity contribution in [2.24, 2.45) is 0 Å². The van der Waals surface area contributed by atoms with Crippen molar-refractivity contribution >= 4 is 0 Å². The number of rotatable bonds is 5. The van der Waals surface area contributed by atoms with E-state index >= 15 is 0 Å². The molecule has 3 nitrogen and oxygen atoms in total. The van der Waals surface area contributed by atoms with Crippen molar-refractivity contribution in [2.45, 2.75) is 77.5 Å². The molecular weight excluding hydrogens is 274 g/mol. The minimum absolute atomic E-state index is 0.0653. The molecule has 3 heteroatoms. The number of aromatic hydroxyl groups is 1. The van der Waals surface area contributed by atoms with Crippen LogP contribution in [-0.4, -0.2) is 18.3 Å². The van der Waals surface area contributed by atoms with Gasteiger partial charge in [-0.3, -0.25) is 0 Å². The Labute approximate surface area is 135 Å². The van der Waals surface area contributed by atoms with E-state index in [4.69, 9.17) is 4.74 Å². The Bertz CT molecular complexity index is 485. The fraction of sp³-hybridized carbons (Fsp3) is 0.684. The van der Waals surface area contributed by atoms with Gasteiger partial charge in [0.1, 0.15) is 5.75 Å². The van der Waals surface area contributed by atoms with E-state index in [0.717, 1.165) is 17.7 Å². The van der Waals surface area contributed by atoms with Crippen LogP contribution < -0.4 is 5.32 Å². The van der Waals surface area contributed by atoms with Crippen molar-refractivity contribution in [1.82, 2.24) is 5.32 Å². The summed E-state index contributed by atoms with van der Waals surface area (Å²) in [6.07, 6.45) is 6.51. The van der Waals surface area contributed by atoms with Gasteiger partial charge in [-0.25, -0.2) is 0 Å². The van der Waals surface area contributed by atoms with Gasteiger partial charge in [0.2, 0.25) is 0 Å². The maximum Gasteiger partial charge on any atom is 0.125 e. The summed E-state index contributed by atoms with van der Waals surface area (Å²) in [6.45, 7) is 7.79. The molecule has 0 radical (unpaired) electrons. The number of hydrogen-bond acceptors (Lipinski definition) is 3. The molecule has 0 heterocycles. The first kappa shape index (κ1) is 17.3. The zero-order valence-electron chi connectivity index (χ0n) is 14.5. The molecular formula is C19H31NO2. The molecule has 0 aliphatic heterocycles. The summed E-state index contributed by atoms with van der Waals surface area (Å²) >= 11 is 0.